The third-order valence-electron chi connectivity index (χ3n) is 6.63. The highest BCUT2D eigenvalue weighted by atomic mass is 16.5. The number of hydrogen-bond donors (Lipinski definition) is 2. The fraction of sp³-hybridized carbons (Fsp3) is 0.448. The van der Waals surface area contributed by atoms with Crippen LogP contribution in [0.2, 0.25) is 0 Å². The molecule has 0 spiro atoms. The molecule has 2 aromatic rings. The Kier molecular flexibility index (Phi) is 10.1. The van der Waals surface area contributed by atoms with Crippen LogP contribution in [0.4, 0.5) is 5.82 Å². The molecule has 0 radical (unpaired) electrons. The Hall–Kier alpha value is -3.20. The van der Waals surface area contributed by atoms with Gasteiger partial charge in [0.25, 0.3) is 0 Å². The highest BCUT2D eigenvalue weighted by Crippen LogP contribution is 2.32. The van der Waals surface area contributed by atoms with Crippen molar-refractivity contribution in [1.29, 1.82) is 0 Å². The predicted octanol–water partition coefficient (Wildman–Crippen LogP) is 3.52. The Balaban J connectivity index is 0.00000156. The number of hydrogen-bond acceptors (Lipinski definition) is 8. The molecule has 2 saturated heterocycles. The summed E-state index contributed by atoms with van der Waals surface area (Å²) in [6.45, 7) is 12.5. The number of piperazine rings is 1. The number of morpholine rings is 1. The van der Waals surface area contributed by atoms with E-state index in [9.17, 15) is 0 Å². The Morgan fingerprint density at radius 3 is 2.68 bits per heavy atom. The summed E-state index contributed by atoms with van der Waals surface area (Å²) in [6.07, 6.45) is 13.0. The van der Waals surface area contributed by atoms with Gasteiger partial charge in [0.05, 0.1) is 18.7 Å². The lowest BCUT2D eigenvalue weighted by molar-refractivity contribution is 0.0317. The van der Waals surface area contributed by atoms with Gasteiger partial charge in [-0.15, -0.1) is 0 Å². The maximum Gasteiger partial charge on any atom is 0.318 e. The van der Waals surface area contributed by atoms with Crippen LogP contribution in [0.1, 0.15) is 25.8 Å². The summed E-state index contributed by atoms with van der Waals surface area (Å²) in [5.74, 6) is 0.922. The van der Waals surface area contributed by atoms with Crippen molar-refractivity contribution in [2.24, 2.45) is 5.73 Å². The third-order valence-corrected chi connectivity index (χ3v) is 6.63. The van der Waals surface area contributed by atoms with Gasteiger partial charge in [-0.1, -0.05) is 50.3 Å². The molecule has 2 fully saturated rings. The van der Waals surface area contributed by atoms with Crippen LogP contribution >= 0.6 is 0 Å². The molecule has 1 aromatic carbocycles. The Bertz CT molecular complexity index is 1140. The first kappa shape index (κ1) is 26.9. The second kappa shape index (κ2) is 13.9. The molecule has 0 atom stereocenters. The first-order valence-electron chi connectivity index (χ1n) is 13.5. The van der Waals surface area contributed by atoms with Gasteiger partial charge >= 0.3 is 6.01 Å². The number of aromatic nitrogens is 2. The van der Waals surface area contributed by atoms with Crippen LogP contribution in [0.15, 0.2) is 60.4 Å². The first-order valence-corrected chi connectivity index (χ1v) is 13.5. The van der Waals surface area contributed by atoms with Crippen LogP contribution in [0.3, 0.4) is 0 Å². The molecule has 3 N–H and O–H groups in total. The van der Waals surface area contributed by atoms with Crippen molar-refractivity contribution in [2.45, 2.75) is 20.3 Å². The number of anilines is 1. The lowest BCUT2D eigenvalue weighted by Gasteiger charge is -2.29. The number of nitrogens with zero attached hydrogens (tertiary/aromatic N) is 4. The van der Waals surface area contributed by atoms with Crippen molar-refractivity contribution < 1.29 is 9.47 Å². The van der Waals surface area contributed by atoms with Gasteiger partial charge < -0.3 is 25.4 Å². The van der Waals surface area contributed by atoms with Crippen LogP contribution in [0.25, 0.3) is 16.5 Å². The molecular formula is C29H40N6O2. The lowest BCUT2D eigenvalue weighted by Crippen LogP contribution is -2.44. The Morgan fingerprint density at radius 2 is 1.89 bits per heavy atom. The molecule has 8 heteroatoms. The molecule has 8 nitrogen and oxygen atoms in total. The monoisotopic (exact) mass is 504 g/mol. The number of benzene rings is 1. The highest BCUT2D eigenvalue weighted by Gasteiger charge is 2.19. The second-order valence-electron chi connectivity index (χ2n) is 8.89. The summed E-state index contributed by atoms with van der Waals surface area (Å²) in [5.41, 5.74) is 10.3. The van der Waals surface area contributed by atoms with E-state index in [4.69, 9.17) is 25.2 Å². The topological polar surface area (TPSA) is 88.8 Å². The summed E-state index contributed by atoms with van der Waals surface area (Å²) < 4.78 is 11.5. The number of ether oxygens (including phenoxy) is 2. The maximum atomic E-state index is 6.12. The van der Waals surface area contributed by atoms with Gasteiger partial charge in [0.2, 0.25) is 0 Å². The summed E-state index contributed by atoms with van der Waals surface area (Å²) in [4.78, 5) is 14.3. The van der Waals surface area contributed by atoms with Crippen LogP contribution < -0.4 is 20.7 Å². The average molecular weight is 505 g/mol. The number of rotatable bonds is 7. The van der Waals surface area contributed by atoms with E-state index in [0.29, 0.717) is 12.6 Å². The molecule has 1 aliphatic carbocycles. The van der Waals surface area contributed by atoms with E-state index in [-0.39, 0.29) is 0 Å². The molecule has 0 amide bonds. The fourth-order valence-corrected chi connectivity index (χ4v) is 4.70. The van der Waals surface area contributed by atoms with Crippen molar-refractivity contribution in [1.82, 2.24) is 20.2 Å². The molecule has 2 aliphatic heterocycles. The van der Waals surface area contributed by atoms with Gasteiger partial charge in [0.1, 0.15) is 12.4 Å². The van der Waals surface area contributed by atoms with Crippen molar-refractivity contribution in [2.75, 3.05) is 70.5 Å². The molecule has 0 unspecified atom stereocenters. The summed E-state index contributed by atoms with van der Waals surface area (Å²) >= 11 is 0. The van der Waals surface area contributed by atoms with Crippen molar-refractivity contribution in [3.63, 3.8) is 0 Å². The van der Waals surface area contributed by atoms with Crippen LogP contribution in [0, 0.1) is 0 Å². The quantitative estimate of drug-likeness (QED) is 0.592. The fourth-order valence-electron chi connectivity index (χ4n) is 4.70. The summed E-state index contributed by atoms with van der Waals surface area (Å²) in [7, 11) is 0. The summed E-state index contributed by atoms with van der Waals surface area (Å²) in [5, 5.41) is 4.45. The van der Waals surface area contributed by atoms with E-state index in [1.165, 1.54) is 5.57 Å². The zero-order valence-corrected chi connectivity index (χ0v) is 22.2. The zero-order valence-electron chi connectivity index (χ0n) is 22.2. The number of fused-ring (bicyclic) bond motifs is 1. The summed E-state index contributed by atoms with van der Waals surface area (Å²) in [6, 6.07) is 6.75. The van der Waals surface area contributed by atoms with Gasteiger partial charge in [-0.3, -0.25) is 4.90 Å². The lowest BCUT2D eigenvalue weighted by atomic mass is 9.95. The van der Waals surface area contributed by atoms with Gasteiger partial charge in [0, 0.05) is 63.0 Å². The van der Waals surface area contributed by atoms with Crippen molar-refractivity contribution in [3.05, 3.63) is 65.9 Å². The standard InChI is InChI=1S/C27H34N6O2.C2H6/c28-20-24(21-5-3-1-2-4-6-21)22-7-8-25-23(19-22)26(33-11-9-29-10-12-33)31-27(30-25)35-18-15-32-13-16-34-17-14-32;1-2/h1-5,7-8,19-20,29H,6,9-18,28H2;1-2H3/b24-20+;. The molecular weight excluding hydrogens is 464 g/mol. The molecule has 1 aromatic heterocycles. The molecule has 0 saturated carbocycles. The largest absolute Gasteiger partial charge is 0.462 e. The molecule has 0 bridgehead atoms. The normalized spacial score (nSPS) is 18.7. The maximum absolute atomic E-state index is 6.12. The number of nitrogens with two attached hydrogens (primary N) is 1. The van der Waals surface area contributed by atoms with Crippen LogP contribution in [-0.2, 0) is 4.74 Å². The van der Waals surface area contributed by atoms with Crippen molar-refractivity contribution >= 4 is 22.3 Å². The van der Waals surface area contributed by atoms with E-state index < -0.39 is 0 Å². The van der Waals surface area contributed by atoms with Crippen molar-refractivity contribution in [3.8, 4) is 6.01 Å². The minimum absolute atomic E-state index is 0.434. The second-order valence-corrected chi connectivity index (χ2v) is 8.89. The molecule has 3 heterocycles. The minimum atomic E-state index is 0.434. The molecule has 198 valence electrons. The van der Waals surface area contributed by atoms with Crippen LogP contribution in [0.5, 0.6) is 6.01 Å². The van der Waals surface area contributed by atoms with E-state index in [1.54, 1.807) is 6.20 Å². The van der Waals surface area contributed by atoms with E-state index in [0.717, 1.165) is 93.3 Å². The smallest absolute Gasteiger partial charge is 0.318 e. The first-order chi connectivity index (χ1) is 18.3. The zero-order chi connectivity index (χ0) is 25.9. The molecule has 5 rings (SSSR count). The molecule has 3 aliphatic rings. The highest BCUT2D eigenvalue weighted by molar-refractivity contribution is 5.94. The van der Waals surface area contributed by atoms with Gasteiger partial charge in [0.15, 0.2) is 0 Å². The van der Waals surface area contributed by atoms with Crippen LogP contribution in [-0.4, -0.2) is 80.5 Å². The number of nitrogens with one attached hydrogen (secondary N) is 1. The molecule has 37 heavy (non-hydrogen) atoms. The third kappa shape index (κ3) is 6.97. The minimum Gasteiger partial charge on any atom is -0.462 e. The van der Waals surface area contributed by atoms with E-state index >= 15 is 0 Å². The Morgan fingerprint density at radius 1 is 1.08 bits per heavy atom. The average Bonchev–Trinajstić information content (AvgIpc) is 3.25. The van der Waals surface area contributed by atoms with E-state index in [1.807, 2.05) is 19.9 Å². The van der Waals surface area contributed by atoms with Gasteiger partial charge in [-0.05, 0) is 29.7 Å². The predicted molar refractivity (Wildman–Crippen MR) is 152 cm³/mol. The Labute approximate surface area is 220 Å². The SMILES string of the molecule is CC.N/C=C(\C1=CC=CC=CC1)c1ccc2nc(OCCN3CCOCC3)nc(N3CCNCC3)c2c1. The number of allylic oxidation sites excluding steroid dienone is 7. The van der Waals surface area contributed by atoms with Gasteiger partial charge in [-0.2, -0.15) is 9.97 Å². The van der Waals surface area contributed by atoms with E-state index in [2.05, 4.69) is 57.6 Å². The van der Waals surface area contributed by atoms with Gasteiger partial charge in [-0.25, -0.2) is 0 Å².